The molecule has 0 aromatic heterocycles. The molecule has 0 saturated heterocycles. The van der Waals surface area contributed by atoms with Crippen LogP contribution in [-0.4, -0.2) is 18.3 Å². The third-order valence-electron chi connectivity index (χ3n) is 4.87. The molecule has 0 radical (unpaired) electrons. The molecule has 0 unspecified atom stereocenters. The lowest BCUT2D eigenvalue weighted by Crippen LogP contribution is -2.74. The molecule has 0 saturated carbocycles. The van der Waals surface area contributed by atoms with E-state index in [9.17, 15) is 5.11 Å². The molecule has 4 nitrogen and oxygen atoms in total. The Morgan fingerprint density at radius 2 is 1.96 bits per heavy atom. The van der Waals surface area contributed by atoms with Crippen molar-refractivity contribution in [2.24, 2.45) is 0 Å². The molecule has 3 rings (SSSR count). The minimum absolute atomic E-state index is 0.0902. The Balaban J connectivity index is 1.74. The Labute approximate surface area is 154 Å². The van der Waals surface area contributed by atoms with E-state index < -0.39 is 0 Å². The van der Waals surface area contributed by atoms with Crippen molar-refractivity contribution in [3.63, 3.8) is 0 Å². The van der Waals surface area contributed by atoms with Gasteiger partial charge >= 0.3 is 5.95 Å². The molecule has 0 aliphatic carbocycles. The predicted molar refractivity (Wildman–Crippen MR) is 103 cm³/mol. The second-order valence-electron chi connectivity index (χ2n) is 6.72. The fourth-order valence-electron chi connectivity index (χ4n) is 3.33. The quantitative estimate of drug-likeness (QED) is 0.658. The lowest BCUT2D eigenvalue weighted by atomic mass is 10.0. The van der Waals surface area contributed by atoms with E-state index in [1.807, 2.05) is 12.1 Å². The highest BCUT2D eigenvalue weighted by atomic mass is 16.6. The summed E-state index contributed by atoms with van der Waals surface area (Å²) >= 11 is 0. The van der Waals surface area contributed by atoms with Gasteiger partial charge < -0.3 is 15.2 Å². The van der Waals surface area contributed by atoms with Crippen molar-refractivity contribution in [1.29, 1.82) is 0 Å². The fourth-order valence-corrected chi connectivity index (χ4v) is 3.33. The molecule has 26 heavy (non-hydrogen) atoms. The summed E-state index contributed by atoms with van der Waals surface area (Å²) in [6.07, 6.45) is 3.94. The molecule has 1 heterocycles. The molecule has 4 heteroatoms. The smallest absolute Gasteiger partial charge is 0.351 e. The largest absolute Gasteiger partial charge is 0.476 e. The molecule has 136 valence electrons. The molecular formula is C22H27N2O2+. The molecule has 3 N–H and O–H groups in total. The summed E-state index contributed by atoms with van der Waals surface area (Å²) in [6, 6.07) is 17.6. The van der Waals surface area contributed by atoms with Crippen molar-refractivity contribution in [1.82, 2.24) is 5.32 Å². The minimum atomic E-state index is -0.0902. The van der Waals surface area contributed by atoms with Gasteiger partial charge in [0, 0.05) is 24.2 Å². The number of hydrogen-bond donors (Lipinski definition) is 3. The summed E-state index contributed by atoms with van der Waals surface area (Å²) in [6.45, 7) is 4.43. The summed E-state index contributed by atoms with van der Waals surface area (Å²) in [4.78, 5) is 3.17. The first kappa shape index (κ1) is 18.2. The Morgan fingerprint density at radius 3 is 2.65 bits per heavy atom. The van der Waals surface area contributed by atoms with Crippen LogP contribution >= 0.6 is 0 Å². The van der Waals surface area contributed by atoms with Crippen molar-refractivity contribution >= 4 is 6.08 Å². The van der Waals surface area contributed by atoms with Crippen LogP contribution in [0.15, 0.2) is 60.2 Å². The highest BCUT2D eigenvalue weighted by Gasteiger charge is 2.17. The van der Waals surface area contributed by atoms with Crippen molar-refractivity contribution in [3.8, 4) is 0 Å². The Hall–Kier alpha value is -2.59. The Kier molecular flexibility index (Phi) is 5.74. The van der Waals surface area contributed by atoms with Gasteiger partial charge in [0.05, 0.1) is 12.3 Å². The SMILES string of the molecule is CC[C@H](Cc1ccc2c(c1)=CC(=C(O)OC)[NH+]=2)N[C@H](C)c1ccccc1. The predicted octanol–water partition coefficient (Wildman–Crippen LogP) is 1.23. The van der Waals surface area contributed by atoms with Gasteiger partial charge in [-0.15, -0.1) is 0 Å². The molecule has 1 aliphatic heterocycles. The zero-order chi connectivity index (χ0) is 18.5. The summed E-state index contributed by atoms with van der Waals surface area (Å²) in [7, 11) is 1.46. The minimum Gasteiger partial charge on any atom is -0.476 e. The van der Waals surface area contributed by atoms with Crippen LogP contribution < -0.4 is 20.9 Å². The molecule has 2 aromatic carbocycles. The number of nitrogens with one attached hydrogen (secondary N) is 2. The zero-order valence-electron chi connectivity index (χ0n) is 15.6. The first-order valence-electron chi connectivity index (χ1n) is 9.13. The van der Waals surface area contributed by atoms with E-state index in [1.165, 1.54) is 18.2 Å². The summed E-state index contributed by atoms with van der Waals surface area (Å²) < 4.78 is 4.89. The van der Waals surface area contributed by atoms with Crippen LogP contribution in [0.4, 0.5) is 0 Å². The number of fused-ring (bicyclic) bond motifs is 1. The normalized spacial score (nSPS) is 16.9. The molecule has 0 amide bonds. The number of methoxy groups -OCH3 is 1. The average molecular weight is 351 g/mol. The van der Waals surface area contributed by atoms with Crippen LogP contribution in [0.5, 0.6) is 0 Å². The van der Waals surface area contributed by atoms with E-state index in [-0.39, 0.29) is 5.95 Å². The van der Waals surface area contributed by atoms with E-state index in [1.54, 1.807) is 0 Å². The Bertz CT molecular complexity index is 903. The van der Waals surface area contributed by atoms with Crippen LogP contribution in [0.25, 0.3) is 6.08 Å². The monoisotopic (exact) mass is 351 g/mol. The lowest BCUT2D eigenvalue weighted by molar-refractivity contribution is -0.436. The van der Waals surface area contributed by atoms with E-state index in [2.05, 4.69) is 66.6 Å². The molecule has 2 atom stereocenters. The second-order valence-corrected chi connectivity index (χ2v) is 6.72. The van der Waals surface area contributed by atoms with Gasteiger partial charge in [0.15, 0.2) is 0 Å². The topological polar surface area (TPSA) is 55.5 Å². The molecule has 0 bridgehead atoms. The third kappa shape index (κ3) is 4.14. The molecule has 0 spiro atoms. The molecule has 0 fully saturated rings. The van der Waals surface area contributed by atoms with E-state index in [0.29, 0.717) is 17.8 Å². The van der Waals surface area contributed by atoms with Gasteiger partial charge in [-0.1, -0.05) is 43.3 Å². The first-order chi connectivity index (χ1) is 12.6. The van der Waals surface area contributed by atoms with E-state index in [0.717, 1.165) is 23.4 Å². The van der Waals surface area contributed by atoms with Gasteiger partial charge in [-0.05, 0) is 37.0 Å². The van der Waals surface area contributed by atoms with Gasteiger partial charge in [-0.25, -0.2) is 0 Å². The number of rotatable bonds is 7. The van der Waals surface area contributed by atoms with Crippen molar-refractivity contribution in [2.75, 3.05) is 7.11 Å². The molecular weight excluding hydrogens is 324 g/mol. The Morgan fingerprint density at radius 1 is 1.19 bits per heavy atom. The van der Waals surface area contributed by atoms with Gasteiger partial charge in [0.1, 0.15) is 0 Å². The number of ether oxygens (including phenoxy) is 1. The number of allylic oxidation sites excluding steroid dienone is 1. The highest BCUT2D eigenvalue weighted by molar-refractivity contribution is 5.44. The number of aliphatic hydroxyl groups is 1. The standard InChI is InChI=1S/C22H26N2O2/c1-4-19(23-15(2)17-8-6-5-7-9-17)13-16-10-11-20-18(12-16)14-21(24-20)22(25)26-3/h5-12,14-15,19,23,25H,4,13H2,1-3H3/p+1/t15-,19-/m1/s1. The van der Waals surface area contributed by atoms with Crippen LogP contribution in [0, 0.1) is 0 Å². The molecule has 2 aromatic rings. The number of aliphatic hydroxyl groups excluding tert-OH is 1. The van der Waals surface area contributed by atoms with Crippen LogP contribution in [0.2, 0.25) is 0 Å². The third-order valence-corrected chi connectivity index (χ3v) is 4.87. The first-order valence-corrected chi connectivity index (χ1v) is 9.13. The van der Waals surface area contributed by atoms with Crippen LogP contribution in [-0.2, 0) is 11.2 Å². The van der Waals surface area contributed by atoms with Crippen molar-refractivity contribution < 1.29 is 14.8 Å². The van der Waals surface area contributed by atoms with E-state index >= 15 is 0 Å². The molecule has 1 aliphatic rings. The fraction of sp³-hybridized carbons (Fsp3) is 0.318. The highest BCUT2D eigenvalue weighted by Crippen LogP contribution is 2.14. The van der Waals surface area contributed by atoms with Gasteiger partial charge in [-0.2, -0.15) is 4.99 Å². The second kappa shape index (κ2) is 8.19. The van der Waals surface area contributed by atoms with Gasteiger partial charge in [0.2, 0.25) is 5.36 Å². The van der Waals surface area contributed by atoms with Gasteiger partial charge in [-0.3, -0.25) is 0 Å². The van der Waals surface area contributed by atoms with Crippen LogP contribution in [0.1, 0.15) is 37.4 Å². The van der Waals surface area contributed by atoms with Crippen molar-refractivity contribution in [3.05, 3.63) is 81.9 Å². The summed E-state index contributed by atoms with van der Waals surface area (Å²) in [5.74, 6) is -0.0902. The summed E-state index contributed by atoms with van der Waals surface area (Å²) in [5, 5.41) is 15.6. The maximum absolute atomic E-state index is 9.74. The summed E-state index contributed by atoms with van der Waals surface area (Å²) in [5.41, 5.74) is 3.18. The van der Waals surface area contributed by atoms with Crippen molar-refractivity contribution in [2.45, 2.75) is 38.8 Å². The maximum atomic E-state index is 9.74. The average Bonchev–Trinajstić information content (AvgIpc) is 3.10. The maximum Gasteiger partial charge on any atom is 0.351 e. The van der Waals surface area contributed by atoms with Crippen LogP contribution in [0.3, 0.4) is 0 Å². The zero-order valence-corrected chi connectivity index (χ0v) is 15.6. The number of benzene rings is 2. The van der Waals surface area contributed by atoms with E-state index in [4.69, 9.17) is 4.74 Å². The lowest BCUT2D eigenvalue weighted by Gasteiger charge is -2.22. The van der Waals surface area contributed by atoms with Gasteiger partial charge in [0.25, 0.3) is 5.70 Å². The number of hydrogen-bond acceptors (Lipinski definition) is 3.